The largest absolute Gasteiger partial charge is 0.417 e. The summed E-state index contributed by atoms with van der Waals surface area (Å²) >= 11 is 0. The highest BCUT2D eigenvalue weighted by Crippen LogP contribution is 2.32. The molecule has 0 aliphatic carbocycles. The lowest BCUT2D eigenvalue weighted by molar-refractivity contribution is -0.137. The molecule has 0 amide bonds. The highest BCUT2D eigenvalue weighted by Gasteiger charge is 2.31. The standard InChI is InChI=1S/C18H20F3N7/c1-26(2)16-6-5-15-23-24-17(28(15)25-16)12-7-9-27(10-8-12)14-4-3-13(11-22-14)18(19,20)21/h3-6,11-12H,7-10H2,1-2H3. The van der Waals surface area contributed by atoms with Crippen LogP contribution in [-0.2, 0) is 6.18 Å². The molecule has 1 aliphatic rings. The third kappa shape index (κ3) is 3.46. The maximum Gasteiger partial charge on any atom is 0.417 e. The topological polar surface area (TPSA) is 62.5 Å². The number of hydrogen-bond donors (Lipinski definition) is 0. The number of alkyl halides is 3. The molecule has 0 spiro atoms. The maximum absolute atomic E-state index is 12.7. The second kappa shape index (κ2) is 6.92. The van der Waals surface area contributed by atoms with Crippen LogP contribution in [0.1, 0.15) is 30.1 Å². The molecule has 4 heterocycles. The Kier molecular flexibility index (Phi) is 4.56. The van der Waals surface area contributed by atoms with Crippen LogP contribution < -0.4 is 9.80 Å². The Morgan fingerprint density at radius 2 is 1.79 bits per heavy atom. The van der Waals surface area contributed by atoms with Crippen LogP contribution in [0.5, 0.6) is 0 Å². The summed E-state index contributed by atoms with van der Waals surface area (Å²) < 4.78 is 39.9. The van der Waals surface area contributed by atoms with E-state index in [0.717, 1.165) is 36.7 Å². The summed E-state index contributed by atoms with van der Waals surface area (Å²) in [6, 6.07) is 6.29. The van der Waals surface area contributed by atoms with E-state index in [-0.39, 0.29) is 5.92 Å². The Bertz CT molecular complexity index is 957. The van der Waals surface area contributed by atoms with Crippen LogP contribution in [0.3, 0.4) is 0 Å². The summed E-state index contributed by atoms with van der Waals surface area (Å²) in [6.07, 6.45) is -1.87. The highest BCUT2D eigenvalue weighted by molar-refractivity contribution is 5.45. The first-order valence-electron chi connectivity index (χ1n) is 9.01. The summed E-state index contributed by atoms with van der Waals surface area (Å²) in [7, 11) is 3.85. The molecule has 0 aromatic carbocycles. The van der Waals surface area contributed by atoms with E-state index in [1.807, 2.05) is 36.0 Å². The van der Waals surface area contributed by atoms with Crippen molar-refractivity contribution in [3.63, 3.8) is 0 Å². The van der Waals surface area contributed by atoms with Gasteiger partial charge in [-0.05, 0) is 37.1 Å². The van der Waals surface area contributed by atoms with E-state index in [4.69, 9.17) is 0 Å². The van der Waals surface area contributed by atoms with Gasteiger partial charge in [0, 0.05) is 39.3 Å². The van der Waals surface area contributed by atoms with Gasteiger partial charge >= 0.3 is 6.18 Å². The van der Waals surface area contributed by atoms with Crippen LogP contribution in [0.2, 0.25) is 0 Å². The third-order valence-electron chi connectivity index (χ3n) is 4.99. The van der Waals surface area contributed by atoms with Crippen molar-refractivity contribution in [3.8, 4) is 0 Å². The van der Waals surface area contributed by atoms with E-state index in [0.29, 0.717) is 24.6 Å². The summed E-state index contributed by atoms with van der Waals surface area (Å²) in [5.74, 6) is 2.38. The lowest BCUT2D eigenvalue weighted by Gasteiger charge is -2.32. The van der Waals surface area contributed by atoms with Crippen LogP contribution in [0.4, 0.5) is 24.8 Å². The molecule has 3 aromatic rings. The zero-order valence-electron chi connectivity index (χ0n) is 15.6. The highest BCUT2D eigenvalue weighted by atomic mass is 19.4. The van der Waals surface area contributed by atoms with E-state index in [1.54, 1.807) is 4.52 Å². The van der Waals surface area contributed by atoms with E-state index in [9.17, 15) is 13.2 Å². The van der Waals surface area contributed by atoms with Crippen LogP contribution in [0.25, 0.3) is 5.65 Å². The van der Waals surface area contributed by atoms with Crippen molar-refractivity contribution in [3.05, 3.63) is 41.9 Å². The van der Waals surface area contributed by atoms with E-state index < -0.39 is 11.7 Å². The third-order valence-corrected chi connectivity index (χ3v) is 4.99. The molecule has 0 radical (unpaired) electrons. The Balaban J connectivity index is 1.48. The van der Waals surface area contributed by atoms with Crippen molar-refractivity contribution in [2.75, 3.05) is 37.0 Å². The Labute approximate surface area is 159 Å². The average molecular weight is 391 g/mol. The van der Waals surface area contributed by atoms with Gasteiger partial charge in [0.15, 0.2) is 11.5 Å². The molecule has 0 N–H and O–H groups in total. The molecule has 0 atom stereocenters. The first kappa shape index (κ1) is 18.5. The minimum Gasteiger partial charge on any atom is -0.361 e. The van der Waals surface area contributed by atoms with Crippen molar-refractivity contribution in [2.24, 2.45) is 0 Å². The number of halogens is 3. The molecule has 4 rings (SSSR count). The molecule has 0 unspecified atom stereocenters. The van der Waals surface area contributed by atoms with E-state index >= 15 is 0 Å². The van der Waals surface area contributed by atoms with Crippen LogP contribution in [0, 0.1) is 0 Å². The summed E-state index contributed by atoms with van der Waals surface area (Å²) in [5, 5.41) is 13.1. The summed E-state index contributed by atoms with van der Waals surface area (Å²) in [5.41, 5.74) is -0.0312. The molecule has 1 fully saturated rings. The average Bonchev–Trinajstić information content (AvgIpc) is 3.11. The summed E-state index contributed by atoms with van der Waals surface area (Å²) in [6.45, 7) is 1.37. The fraction of sp³-hybridized carbons (Fsp3) is 0.444. The molecule has 3 aromatic heterocycles. The Morgan fingerprint density at radius 3 is 2.39 bits per heavy atom. The lowest BCUT2D eigenvalue weighted by Crippen LogP contribution is -2.34. The first-order chi connectivity index (χ1) is 13.3. The van der Waals surface area contributed by atoms with Crippen molar-refractivity contribution >= 4 is 17.3 Å². The predicted molar refractivity (Wildman–Crippen MR) is 98.5 cm³/mol. The number of anilines is 2. The minimum atomic E-state index is -4.37. The second-order valence-electron chi connectivity index (χ2n) is 7.08. The van der Waals surface area contributed by atoms with Crippen LogP contribution in [0.15, 0.2) is 30.5 Å². The number of hydrogen-bond acceptors (Lipinski definition) is 6. The van der Waals surface area contributed by atoms with Gasteiger partial charge in [0.05, 0.1) is 5.56 Å². The fourth-order valence-corrected chi connectivity index (χ4v) is 3.40. The fourth-order valence-electron chi connectivity index (χ4n) is 3.40. The van der Waals surface area contributed by atoms with Crippen molar-refractivity contribution < 1.29 is 13.2 Å². The molecule has 10 heteroatoms. The Hall–Kier alpha value is -2.91. The number of piperidine rings is 1. The minimum absolute atomic E-state index is 0.186. The van der Waals surface area contributed by atoms with Crippen molar-refractivity contribution in [1.29, 1.82) is 0 Å². The zero-order valence-corrected chi connectivity index (χ0v) is 15.6. The van der Waals surface area contributed by atoms with Gasteiger partial charge in [-0.3, -0.25) is 0 Å². The molecule has 7 nitrogen and oxygen atoms in total. The van der Waals surface area contributed by atoms with Gasteiger partial charge in [-0.15, -0.1) is 15.3 Å². The zero-order chi connectivity index (χ0) is 19.9. The molecular weight excluding hydrogens is 371 g/mol. The normalized spacial score (nSPS) is 16.0. The number of pyridine rings is 1. The van der Waals surface area contributed by atoms with Gasteiger partial charge < -0.3 is 9.80 Å². The number of nitrogens with zero attached hydrogens (tertiary/aromatic N) is 7. The van der Waals surface area contributed by atoms with Gasteiger partial charge in [-0.25, -0.2) is 4.98 Å². The second-order valence-corrected chi connectivity index (χ2v) is 7.08. The first-order valence-corrected chi connectivity index (χ1v) is 9.01. The molecule has 0 bridgehead atoms. The molecule has 0 saturated carbocycles. The molecule has 1 aliphatic heterocycles. The molecule has 148 valence electrons. The number of aromatic nitrogens is 5. The monoisotopic (exact) mass is 391 g/mol. The van der Waals surface area contributed by atoms with E-state index in [1.165, 1.54) is 6.07 Å². The SMILES string of the molecule is CN(C)c1ccc2nnc(C3CCN(c4ccc(C(F)(F)F)cn4)CC3)n2n1. The molecule has 1 saturated heterocycles. The number of rotatable bonds is 3. The van der Waals surface area contributed by atoms with Gasteiger partial charge in [0.2, 0.25) is 0 Å². The predicted octanol–water partition coefficient (Wildman–Crippen LogP) is 2.99. The van der Waals surface area contributed by atoms with Gasteiger partial charge in [-0.1, -0.05) is 0 Å². The number of fused-ring (bicyclic) bond motifs is 1. The van der Waals surface area contributed by atoms with Crippen molar-refractivity contribution in [2.45, 2.75) is 24.9 Å². The van der Waals surface area contributed by atoms with Gasteiger partial charge in [0.1, 0.15) is 11.6 Å². The van der Waals surface area contributed by atoms with Crippen LogP contribution >= 0.6 is 0 Å². The van der Waals surface area contributed by atoms with Gasteiger partial charge in [-0.2, -0.15) is 17.7 Å². The smallest absolute Gasteiger partial charge is 0.361 e. The van der Waals surface area contributed by atoms with Crippen molar-refractivity contribution in [1.82, 2.24) is 24.8 Å². The quantitative estimate of drug-likeness (QED) is 0.684. The maximum atomic E-state index is 12.7. The van der Waals surface area contributed by atoms with E-state index in [2.05, 4.69) is 20.3 Å². The molecular formula is C18H20F3N7. The summed E-state index contributed by atoms with van der Waals surface area (Å²) in [4.78, 5) is 7.91. The van der Waals surface area contributed by atoms with Gasteiger partial charge in [0.25, 0.3) is 0 Å². The van der Waals surface area contributed by atoms with Crippen LogP contribution in [-0.4, -0.2) is 52.0 Å². The Morgan fingerprint density at radius 1 is 1.04 bits per heavy atom. The molecule has 28 heavy (non-hydrogen) atoms. The lowest BCUT2D eigenvalue weighted by atomic mass is 9.96.